The zero-order valence-electron chi connectivity index (χ0n) is 12.7. The van der Waals surface area contributed by atoms with Crippen LogP contribution in [0.4, 0.5) is 5.13 Å². The lowest BCUT2D eigenvalue weighted by atomic mass is 10.3. The van der Waals surface area contributed by atoms with Crippen LogP contribution in [0.25, 0.3) is 0 Å². The van der Waals surface area contributed by atoms with Crippen LogP contribution in [0.15, 0.2) is 15.5 Å². The highest BCUT2D eigenvalue weighted by molar-refractivity contribution is 7.13. The minimum atomic E-state index is -0.543. The predicted octanol–water partition coefficient (Wildman–Crippen LogP) is 2.06. The molecule has 0 saturated heterocycles. The van der Waals surface area contributed by atoms with E-state index in [1.54, 1.807) is 16.6 Å². The summed E-state index contributed by atoms with van der Waals surface area (Å²) in [5.74, 6) is -0.543. The molecule has 1 heterocycles. The Labute approximate surface area is 128 Å². The van der Waals surface area contributed by atoms with Gasteiger partial charge in [-0.25, -0.2) is 14.8 Å². The number of aliphatic imine (C=N–C) groups is 1. The molecule has 21 heavy (non-hydrogen) atoms. The van der Waals surface area contributed by atoms with Crippen LogP contribution in [-0.2, 0) is 14.4 Å². The Morgan fingerprint density at radius 1 is 1.52 bits per heavy atom. The largest absolute Gasteiger partial charge is 0.461 e. The molecule has 0 aliphatic carbocycles. The zero-order chi connectivity index (χ0) is 15.7. The summed E-state index contributed by atoms with van der Waals surface area (Å²) >= 11 is 1.31. The summed E-state index contributed by atoms with van der Waals surface area (Å²) in [4.78, 5) is 26.9. The van der Waals surface area contributed by atoms with Gasteiger partial charge in [0.25, 0.3) is 0 Å². The van der Waals surface area contributed by atoms with Crippen molar-refractivity contribution in [2.75, 3.05) is 27.8 Å². The highest BCUT2D eigenvalue weighted by atomic mass is 32.1. The van der Waals surface area contributed by atoms with Gasteiger partial charge in [-0.15, -0.1) is 11.3 Å². The number of unbranched alkanes of at least 4 members (excludes halogenated alkanes) is 1. The Morgan fingerprint density at radius 2 is 2.29 bits per heavy atom. The van der Waals surface area contributed by atoms with E-state index in [1.165, 1.54) is 18.4 Å². The maximum Gasteiger partial charge on any atom is 0.362 e. The molecule has 0 atom stereocenters. The second-order valence-corrected chi connectivity index (χ2v) is 5.17. The van der Waals surface area contributed by atoms with Crippen molar-refractivity contribution in [3.05, 3.63) is 11.1 Å². The Kier molecular flexibility index (Phi) is 7.38. The minimum Gasteiger partial charge on any atom is -0.461 e. The van der Waals surface area contributed by atoms with E-state index in [4.69, 9.17) is 9.57 Å². The number of oxime groups is 1. The van der Waals surface area contributed by atoms with Crippen LogP contribution < -0.4 is 0 Å². The van der Waals surface area contributed by atoms with Gasteiger partial charge in [0.2, 0.25) is 10.8 Å². The molecule has 0 spiro atoms. The van der Waals surface area contributed by atoms with Crippen LogP contribution in [0, 0.1) is 0 Å². The van der Waals surface area contributed by atoms with Gasteiger partial charge in [0, 0.05) is 19.5 Å². The summed E-state index contributed by atoms with van der Waals surface area (Å²) in [6.07, 6.45) is 3.39. The number of hydrogen-bond donors (Lipinski definition) is 0. The van der Waals surface area contributed by atoms with Crippen molar-refractivity contribution in [2.24, 2.45) is 10.1 Å². The normalized spacial score (nSPS) is 11.7. The van der Waals surface area contributed by atoms with Crippen LogP contribution in [0.2, 0.25) is 0 Å². The van der Waals surface area contributed by atoms with E-state index < -0.39 is 5.97 Å². The van der Waals surface area contributed by atoms with Gasteiger partial charge in [0.1, 0.15) is 12.8 Å². The molecule has 0 N–H and O–H groups in total. The van der Waals surface area contributed by atoms with Crippen molar-refractivity contribution in [2.45, 2.75) is 19.8 Å². The van der Waals surface area contributed by atoms with Crippen LogP contribution >= 0.6 is 11.3 Å². The summed E-state index contributed by atoms with van der Waals surface area (Å²) < 4.78 is 5.13. The van der Waals surface area contributed by atoms with Gasteiger partial charge in [-0.3, -0.25) is 0 Å². The zero-order valence-corrected chi connectivity index (χ0v) is 13.5. The van der Waals surface area contributed by atoms with Crippen molar-refractivity contribution in [1.29, 1.82) is 0 Å². The number of nitrogens with zero attached hydrogens (tertiary/aromatic N) is 4. The summed E-state index contributed by atoms with van der Waals surface area (Å²) in [5, 5.41) is 5.93. The molecule has 0 bridgehead atoms. The first-order valence-electron chi connectivity index (χ1n) is 6.53. The first-order valence-corrected chi connectivity index (χ1v) is 7.41. The SMILES string of the molecule is CCCCOC(=O)C(=NOC)c1csc(N=CN(C)C)n1. The number of aromatic nitrogens is 1. The maximum absolute atomic E-state index is 12.0. The predicted molar refractivity (Wildman–Crippen MR) is 83.4 cm³/mol. The Bertz CT molecular complexity index is 511. The van der Waals surface area contributed by atoms with Crippen molar-refractivity contribution in [1.82, 2.24) is 9.88 Å². The molecular weight excluding hydrogens is 292 g/mol. The third kappa shape index (κ3) is 5.90. The van der Waals surface area contributed by atoms with E-state index >= 15 is 0 Å². The molecule has 116 valence electrons. The number of thiazole rings is 1. The third-order valence-electron chi connectivity index (χ3n) is 2.24. The number of rotatable bonds is 8. The second kappa shape index (κ2) is 9.06. The van der Waals surface area contributed by atoms with E-state index in [0.717, 1.165) is 12.8 Å². The summed E-state index contributed by atoms with van der Waals surface area (Å²) in [6, 6.07) is 0. The quantitative estimate of drug-likeness (QED) is 0.241. The fourth-order valence-corrected chi connectivity index (χ4v) is 1.90. The molecule has 1 aromatic heterocycles. The van der Waals surface area contributed by atoms with E-state index in [0.29, 0.717) is 17.4 Å². The molecule has 0 saturated carbocycles. The standard InChI is InChI=1S/C13H20N4O3S/c1-5-6-7-20-12(18)11(16-19-4)10-8-21-13(15-10)14-9-17(2)3/h8-9H,5-7H2,1-4H3. The number of carbonyl (C=O) groups is 1. The maximum atomic E-state index is 12.0. The topological polar surface area (TPSA) is 76.4 Å². The number of carbonyl (C=O) groups excluding carboxylic acids is 1. The summed E-state index contributed by atoms with van der Waals surface area (Å²) in [5.41, 5.74) is 0.449. The fourth-order valence-electron chi connectivity index (χ4n) is 1.25. The molecule has 1 rings (SSSR count). The first-order chi connectivity index (χ1) is 10.1. The van der Waals surface area contributed by atoms with Crippen molar-refractivity contribution in [3.63, 3.8) is 0 Å². The van der Waals surface area contributed by atoms with E-state index in [2.05, 4.69) is 15.1 Å². The lowest BCUT2D eigenvalue weighted by Crippen LogP contribution is -2.20. The van der Waals surface area contributed by atoms with Gasteiger partial charge in [0.05, 0.1) is 12.9 Å². The molecule has 7 nitrogen and oxygen atoms in total. The number of ether oxygens (including phenoxy) is 1. The number of esters is 1. The van der Waals surface area contributed by atoms with E-state index in [-0.39, 0.29) is 5.71 Å². The molecule has 1 aromatic rings. The summed E-state index contributed by atoms with van der Waals surface area (Å²) in [6.45, 7) is 2.38. The van der Waals surface area contributed by atoms with Gasteiger partial charge in [-0.2, -0.15) is 0 Å². The molecule has 0 fully saturated rings. The number of hydrogen-bond acceptors (Lipinski definition) is 7. The third-order valence-corrected chi connectivity index (χ3v) is 2.99. The van der Waals surface area contributed by atoms with Gasteiger partial charge >= 0.3 is 5.97 Å². The minimum absolute atomic E-state index is 0.0520. The average molecular weight is 312 g/mol. The van der Waals surface area contributed by atoms with Gasteiger partial charge in [-0.1, -0.05) is 18.5 Å². The van der Waals surface area contributed by atoms with Gasteiger partial charge in [0.15, 0.2) is 0 Å². The van der Waals surface area contributed by atoms with Crippen LogP contribution in [0.3, 0.4) is 0 Å². The average Bonchev–Trinajstić information content (AvgIpc) is 2.91. The monoisotopic (exact) mass is 312 g/mol. The Morgan fingerprint density at radius 3 is 2.90 bits per heavy atom. The Hall–Kier alpha value is -1.96. The highest BCUT2D eigenvalue weighted by Gasteiger charge is 2.20. The second-order valence-electron chi connectivity index (χ2n) is 4.34. The highest BCUT2D eigenvalue weighted by Crippen LogP contribution is 2.19. The molecule has 0 aliphatic rings. The van der Waals surface area contributed by atoms with Crippen molar-refractivity contribution in [3.8, 4) is 0 Å². The van der Waals surface area contributed by atoms with Crippen LogP contribution in [0.5, 0.6) is 0 Å². The van der Waals surface area contributed by atoms with Gasteiger partial charge < -0.3 is 14.5 Å². The summed E-state index contributed by atoms with van der Waals surface area (Å²) in [7, 11) is 5.10. The van der Waals surface area contributed by atoms with Crippen LogP contribution in [-0.4, -0.2) is 55.7 Å². The lowest BCUT2D eigenvalue weighted by molar-refractivity contribution is -0.135. The molecule has 0 amide bonds. The van der Waals surface area contributed by atoms with E-state index in [1.807, 2.05) is 21.0 Å². The Balaban J connectivity index is 2.82. The molecule has 8 heteroatoms. The smallest absolute Gasteiger partial charge is 0.362 e. The first kappa shape index (κ1) is 17.1. The molecule has 0 unspecified atom stereocenters. The lowest BCUT2D eigenvalue weighted by Gasteiger charge is -2.04. The molecule has 0 radical (unpaired) electrons. The molecule has 0 aromatic carbocycles. The van der Waals surface area contributed by atoms with E-state index in [9.17, 15) is 4.79 Å². The molecular formula is C13H20N4O3S. The van der Waals surface area contributed by atoms with Crippen molar-refractivity contribution >= 4 is 34.5 Å². The fraction of sp³-hybridized carbons (Fsp3) is 0.538. The van der Waals surface area contributed by atoms with Gasteiger partial charge in [-0.05, 0) is 6.42 Å². The molecule has 0 aliphatic heterocycles. The van der Waals surface area contributed by atoms with Crippen molar-refractivity contribution < 1.29 is 14.4 Å². The van der Waals surface area contributed by atoms with Crippen LogP contribution in [0.1, 0.15) is 25.5 Å².